The number of aliphatic carboxylic acids is 1. The standard InChI is InChI=1S/C27H39N3O8/c1-3-4-8-28(10-6-11-31)24(33)16-30-14-19(18-12-21(36-2)26-22(13-18)37-17-38-26)25(27(34)35)20(30)15-29-9-5-7-23(29)32/h12-13,19-20,25,31H,3-11,14-17H2,1-2H3,(H,34,35)/t19-,20+,25?/m1/s1. The Morgan fingerprint density at radius 2 is 2.00 bits per heavy atom. The van der Waals surface area contributed by atoms with Gasteiger partial charge in [0.1, 0.15) is 0 Å². The highest BCUT2D eigenvalue weighted by Crippen LogP contribution is 2.47. The molecular formula is C27H39N3O8. The number of carbonyl (C=O) groups is 3. The Hall–Kier alpha value is -3.05. The molecule has 4 rings (SSSR count). The van der Waals surface area contributed by atoms with Crippen molar-refractivity contribution < 1.29 is 38.8 Å². The molecule has 1 aromatic rings. The summed E-state index contributed by atoms with van der Waals surface area (Å²) in [6.07, 6.45) is 3.47. The first-order chi connectivity index (χ1) is 18.4. The number of ether oxygens (including phenoxy) is 3. The molecule has 2 N–H and O–H groups in total. The van der Waals surface area contributed by atoms with Gasteiger partial charge in [0, 0.05) is 57.7 Å². The van der Waals surface area contributed by atoms with Crippen LogP contribution in [0.2, 0.25) is 0 Å². The highest BCUT2D eigenvalue weighted by Gasteiger charge is 2.49. The van der Waals surface area contributed by atoms with Gasteiger partial charge in [0.25, 0.3) is 0 Å². The molecular weight excluding hydrogens is 494 g/mol. The molecule has 2 amide bonds. The van der Waals surface area contributed by atoms with Crippen LogP contribution in [0.3, 0.4) is 0 Å². The summed E-state index contributed by atoms with van der Waals surface area (Å²) in [5, 5.41) is 19.7. The van der Waals surface area contributed by atoms with Gasteiger partial charge in [-0.05, 0) is 37.0 Å². The Bertz CT molecular complexity index is 1010. The van der Waals surface area contributed by atoms with Crippen LogP contribution in [0.25, 0.3) is 0 Å². The van der Waals surface area contributed by atoms with Crippen molar-refractivity contribution in [3.05, 3.63) is 17.7 Å². The van der Waals surface area contributed by atoms with Gasteiger partial charge in [0.2, 0.25) is 24.4 Å². The van der Waals surface area contributed by atoms with E-state index in [2.05, 4.69) is 6.92 Å². The fraction of sp³-hybridized carbons (Fsp3) is 0.667. The third kappa shape index (κ3) is 5.99. The van der Waals surface area contributed by atoms with Crippen molar-refractivity contribution in [1.82, 2.24) is 14.7 Å². The number of likely N-dealkylation sites (tertiary alicyclic amines) is 2. The Kier molecular flexibility index (Phi) is 9.32. The molecule has 3 heterocycles. The lowest BCUT2D eigenvalue weighted by Gasteiger charge is -2.32. The largest absolute Gasteiger partial charge is 0.493 e. The maximum Gasteiger partial charge on any atom is 0.308 e. The number of carbonyl (C=O) groups excluding carboxylic acids is 2. The van der Waals surface area contributed by atoms with Crippen LogP contribution in [0.4, 0.5) is 0 Å². The molecule has 0 spiro atoms. The third-order valence-corrected chi connectivity index (χ3v) is 7.78. The maximum atomic E-state index is 13.4. The number of carboxylic acids is 1. The van der Waals surface area contributed by atoms with E-state index < -0.39 is 23.8 Å². The van der Waals surface area contributed by atoms with Crippen LogP contribution in [-0.2, 0) is 14.4 Å². The van der Waals surface area contributed by atoms with Gasteiger partial charge in [-0.25, -0.2) is 0 Å². The van der Waals surface area contributed by atoms with Crippen LogP contribution in [0.5, 0.6) is 17.2 Å². The molecule has 210 valence electrons. The molecule has 0 bridgehead atoms. The second kappa shape index (κ2) is 12.7. The number of fused-ring (bicyclic) bond motifs is 1. The summed E-state index contributed by atoms with van der Waals surface area (Å²) in [5.74, 6) is -0.896. The van der Waals surface area contributed by atoms with E-state index in [9.17, 15) is 24.6 Å². The van der Waals surface area contributed by atoms with Crippen molar-refractivity contribution in [2.24, 2.45) is 5.92 Å². The van der Waals surface area contributed by atoms with Crippen LogP contribution < -0.4 is 14.2 Å². The number of carboxylic acid groups (broad SMARTS) is 1. The summed E-state index contributed by atoms with van der Waals surface area (Å²) in [5.41, 5.74) is 0.731. The van der Waals surface area contributed by atoms with Crippen LogP contribution in [0.15, 0.2) is 12.1 Å². The number of nitrogens with zero attached hydrogens (tertiary/aromatic N) is 3. The first-order valence-electron chi connectivity index (χ1n) is 13.5. The summed E-state index contributed by atoms with van der Waals surface area (Å²) in [6, 6.07) is 3.04. The van der Waals surface area contributed by atoms with Gasteiger partial charge in [0.15, 0.2) is 11.5 Å². The van der Waals surface area contributed by atoms with Gasteiger partial charge in [-0.1, -0.05) is 13.3 Å². The van der Waals surface area contributed by atoms with Crippen molar-refractivity contribution in [2.75, 3.05) is 59.8 Å². The number of methoxy groups -OCH3 is 1. The molecule has 38 heavy (non-hydrogen) atoms. The van der Waals surface area contributed by atoms with E-state index in [0.717, 1.165) is 24.8 Å². The Morgan fingerprint density at radius 1 is 1.21 bits per heavy atom. The first kappa shape index (κ1) is 28.0. The lowest BCUT2D eigenvalue weighted by molar-refractivity contribution is -0.144. The highest BCUT2D eigenvalue weighted by atomic mass is 16.7. The van der Waals surface area contributed by atoms with Gasteiger partial charge in [0.05, 0.1) is 19.6 Å². The number of amides is 2. The topological polar surface area (TPSA) is 129 Å². The molecule has 0 radical (unpaired) electrons. The minimum atomic E-state index is -0.971. The molecule has 3 atom stereocenters. The molecule has 3 aliphatic rings. The second-order valence-corrected chi connectivity index (χ2v) is 10.2. The molecule has 0 aromatic heterocycles. The normalized spacial score (nSPS) is 22.8. The highest BCUT2D eigenvalue weighted by molar-refractivity contribution is 5.80. The van der Waals surface area contributed by atoms with Crippen molar-refractivity contribution in [1.29, 1.82) is 0 Å². The van der Waals surface area contributed by atoms with E-state index >= 15 is 0 Å². The number of unbranched alkanes of at least 4 members (excludes halogenated alkanes) is 1. The number of benzene rings is 1. The Labute approximate surface area is 223 Å². The lowest BCUT2D eigenvalue weighted by Crippen LogP contribution is -2.49. The summed E-state index contributed by atoms with van der Waals surface area (Å²) < 4.78 is 16.6. The summed E-state index contributed by atoms with van der Waals surface area (Å²) in [4.78, 5) is 44.1. The van der Waals surface area contributed by atoms with Gasteiger partial charge >= 0.3 is 5.97 Å². The van der Waals surface area contributed by atoms with Crippen molar-refractivity contribution >= 4 is 17.8 Å². The SMILES string of the molecule is CCCCN(CCCO)C(=O)CN1C[C@H](c2cc(OC)c3c(c2)OCO3)C(C(=O)O)[C@@H]1CN1CCCC1=O. The molecule has 11 heteroatoms. The van der Waals surface area contributed by atoms with E-state index in [1.54, 1.807) is 21.9 Å². The summed E-state index contributed by atoms with van der Waals surface area (Å²) in [6.45, 7) is 4.37. The molecule has 3 aliphatic heterocycles. The number of aliphatic hydroxyl groups is 1. The first-order valence-corrected chi connectivity index (χ1v) is 13.5. The van der Waals surface area contributed by atoms with Gasteiger partial charge in [-0.2, -0.15) is 0 Å². The van der Waals surface area contributed by atoms with Crippen LogP contribution in [0.1, 0.15) is 50.5 Å². The molecule has 2 saturated heterocycles. The average Bonchev–Trinajstić information content (AvgIpc) is 3.63. The predicted octanol–water partition coefficient (Wildman–Crippen LogP) is 1.53. The van der Waals surface area contributed by atoms with E-state index in [4.69, 9.17) is 14.2 Å². The zero-order chi connectivity index (χ0) is 27.2. The minimum absolute atomic E-state index is 0.00553. The lowest BCUT2D eigenvalue weighted by atomic mass is 9.84. The fourth-order valence-electron chi connectivity index (χ4n) is 5.79. The van der Waals surface area contributed by atoms with Crippen LogP contribution in [-0.4, -0.2) is 109 Å². The van der Waals surface area contributed by atoms with Crippen molar-refractivity contribution in [3.63, 3.8) is 0 Å². The van der Waals surface area contributed by atoms with Crippen LogP contribution >= 0.6 is 0 Å². The average molecular weight is 534 g/mol. The molecule has 11 nitrogen and oxygen atoms in total. The van der Waals surface area contributed by atoms with Gasteiger partial charge in [-0.3, -0.25) is 19.3 Å². The minimum Gasteiger partial charge on any atom is -0.493 e. The van der Waals surface area contributed by atoms with E-state index in [1.807, 2.05) is 4.90 Å². The van der Waals surface area contributed by atoms with E-state index in [0.29, 0.717) is 56.3 Å². The number of hydrogen-bond donors (Lipinski definition) is 2. The molecule has 1 unspecified atom stereocenters. The predicted molar refractivity (Wildman–Crippen MR) is 137 cm³/mol. The number of hydrogen-bond acceptors (Lipinski definition) is 8. The zero-order valence-corrected chi connectivity index (χ0v) is 22.3. The third-order valence-electron chi connectivity index (χ3n) is 7.78. The molecule has 0 saturated carbocycles. The fourth-order valence-corrected chi connectivity index (χ4v) is 5.79. The smallest absolute Gasteiger partial charge is 0.308 e. The number of aliphatic hydroxyl groups excluding tert-OH is 1. The number of rotatable bonds is 13. The maximum absolute atomic E-state index is 13.4. The van der Waals surface area contributed by atoms with Crippen molar-refractivity contribution in [2.45, 2.75) is 51.0 Å². The van der Waals surface area contributed by atoms with Crippen molar-refractivity contribution in [3.8, 4) is 17.2 Å². The Balaban J connectivity index is 1.64. The van der Waals surface area contributed by atoms with E-state index in [-0.39, 0.29) is 38.3 Å². The molecule has 1 aromatic carbocycles. The monoisotopic (exact) mass is 533 g/mol. The van der Waals surface area contributed by atoms with Gasteiger partial charge in [-0.15, -0.1) is 0 Å². The quantitative estimate of drug-likeness (QED) is 0.388. The summed E-state index contributed by atoms with van der Waals surface area (Å²) >= 11 is 0. The summed E-state index contributed by atoms with van der Waals surface area (Å²) in [7, 11) is 1.52. The Morgan fingerprint density at radius 3 is 2.66 bits per heavy atom. The van der Waals surface area contributed by atoms with E-state index in [1.165, 1.54) is 7.11 Å². The van der Waals surface area contributed by atoms with Crippen LogP contribution in [0, 0.1) is 5.92 Å². The van der Waals surface area contributed by atoms with Gasteiger partial charge < -0.3 is 34.2 Å². The zero-order valence-electron chi connectivity index (χ0n) is 22.3. The molecule has 2 fully saturated rings. The second-order valence-electron chi connectivity index (χ2n) is 10.2. The molecule has 0 aliphatic carbocycles.